The van der Waals surface area contributed by atoms with Crippen LogP contribution >= 0.6 is 0 Å². The second-order valence-electron chi connectivity index (χ2n) is 5.91. The van der Waals surface area contributed by atoms with Gasteiger partial charge in [0.15, 0.2) is 0 Å². The highest BCUT2D eigenvalue weighted by Crippen LogP contribution is 2.33. The van der Waals surface area contributed by atoms with Gasteiger partial charge in [0.2, 0.25) is 10.0 Å². The van der Waals surface area contributed by atoms with Crippen molar-refractivity contribution in [1.82, 2.24) is 4.72 Å². The summed E-state index contributed by atoms with van der Waals surface area (Å²) in [5.74, 6) is 0.443. The molecule has 1 N–H and O–H groups in total. The van der Waals surface area contributed by atoms with Crippen molar-refractivity contribution in [3.63, 3.8) is 0 Å². The topological polar surface area (TPSA) is 46.2 Å². The Kier molecular flexibility index (Phi) is 4.60. The first kappa shape index (κ1) is 15.3. The summed E-state index contributed by atoms with van der Waals surface area (Å²) in [6, 6.07) is 19.0. The van der Waals surface area contributed by atoms with E-state index in [0.717, 1.165) is 25.7 Å². The van der Waals surface area contributed by atoms with Crippen LogP contribution in [-0.2, 0) is 10.0 Å². The molecule has 1 fully saturated rings. The molecule has 1 aliphatic rings. The second-order valence-corrected chi connectivity index (χ2v) is 7.62. The van der Waals surface area contributed by atoms with Gasteiger partial charge in [-0.3, -0.25) is 0 Å². The summed E-state index contributed by atoms with van der Waals surface area (Å²) in [6.07, 6.45) is 3.97. The zero-order chi connectivity index (χ0) is 15.4. The number of benzene rings is 2. The van der Waals surface area contributed by atoms with Crippen LogP contribution in [0.2, 0.25) is 0 Å². The van der Waals surface area contributed by atoms with E-state index < -0.39 is 10.0 Å². The molecular formula is C18H21NO2S. The van der Waals surface area contributed by atoms with Crippen LogP contribution < -0.4 is 4.72 Å². The van der Waals surface area contributed by atoms with Crippen LogP contribution in [0.1, 0.15) is 37.2 Å². The van der Waals surface area contributed by atoms with Crippen molar-refractivity contribution >= 4 is 10.0 Å². The van der Waals surface area contributed by atoms with E-state index in [1.165, 1.54) is 5.56 Å². The van der Waals surface area contributed by atoms with Crippen molar-refractivity contribution in [3.8, 4) is 0 Å². The van der Waals surface area contributed by atoms with E-state index in [4.69, 9.17) is 0 Å². The van der Waals surface area contributed by atoms with Crippen LogP contribution in [0, 0.1) is 0 Å². The zero-order valence-electron chi connectivity index (χ0n) is 12.5. The van der Waals surface area contributed by atoms with E-state index in [-0.39, 0.29) is 6.04 Å². The van der Waals surface area contributed by atoms with E-state index in [1.54, 1.807) is 24.3 Å². The molecule has 0 radical (unpaired) electrons. The lowest BCUT2D eigenvalue weighted by Crippen LogP contribution is -2.37. The quantitative estimate of drug-likeness (QED) is 0.935. The molecule has 3 nitrogen and oxygen atoms in total. The number of rotatable bonds is 4. The predicted octanol–water partition coefficient (Wildman–Crippen LogP) is 3.69. The molecule has 0 heterocycles. The normalized spacial score (nSPS) is 22.4. The van der Waals surface area contributed by atoms with Crippen LogP contribution in [0.5, 0.6) is 0 Å². The number of sulfonamides is 1. The zero-order valence-corrected chi connectivity index (χ0v) is 13.3. The van der Waals surface area contributed by atoms with E-state index in [9.17, 15) is 8.42 Å². The molecule has 22 heavy (non-hydrogen) atoms. The molecule has 1 saturated carbocycles. The summed E-state index contributed by atoms with van der Waals surface area (Å²) in [7, 11) is -3.42. The summed E-state index contributed by atoms with van der Waals surface area (Å²) in [5, 5.41) is 0. The first-order chi connectivity index (χ1) is 10.6. The average molecular weight is 315 g/mol. The van der Waals surface area contributed by atoms with Gasteiger partial charge < -0.3 is 0 Å². The molecule has 0 saturated heterocycles. The Bertz CT molecular complexity index is 698. The monoisotopic (exact) mass is 315 g/mol. The first-order valence-electron chi connectivity index (χ1n) is 7.77. The van der Waals surface area contributed by atoms with Crippen LogP contribution in [0.25, 0.3) is 0 Å². The molecule has 2 aromatic carbocycles. The van der Waals surface area contributed by atoms with Gasteiger partial charge in [-0.05, 0) is 42.9 Å². The highest BCUT2D eigenvalue weighted by atomic mass is 32.2. The average Bonchev–Trinajstić information content (AvgIpc) is 2.56. The first-order valence-corrected chi connectivity index (χ1v) is 9.26. The molecule has 0 aliphatic heterocycles. The van der Waals surface area contributed by atoms with Crippen molar-refractivity contribution < 1.29 is 8.42 Å². The Labute approximate surface area is 132 Å². The molecule has 1 aliphatic carbocycles. The minimum Gasteiger partial charge on any atom is -0.208 e. The molecule has 0 spiro atoms. The lowest BCUT2D eigenvalue weighted by Gasteiger charge is -2.30. The van der Waals surface area contributed by atoms with Gasteiger partial charge in [-0.1, -0.05) is 55.0 Å². The second kappa shape index (κ2) is 6.63. The van der Waals surface area contributed by atoms with Gasteiger partial charge in [0.25, 0.3) is 0 Å². The number of nitrogens with one attached hydrogen (secondary N) is 1. The third kappa shape index (κ3) is 3.57. The Morgan fingerprint density at radius 1 is 0.864 bits per heavy atom. The Morgan fingerprint density at radius 3 is 2.18 bits per heavy atom. The number of hydrogen-bond acceptors (Lipinski definition) is 2. The maximum absolute atomic E-state index is 12.4. The van der Waals surface area contributed by atoms with Gasteiger partial charge in [-0.15, -0.1) is 0 Å². The molecule has 0 bridgehead atoms. The van der Waals surface area contributed by atoms with Crippen LogP contribution in [0.15, 0.2) is 65.6 Å². The van der Waals surface area contributed by atoms with Crippen molar-refractivity contribution in [2.75, 3.05) is 0 Å². The fourth-order valence-electron chi connectivity index (χ4n) is 3.21. The van der Waals surface area contributed by atoms with Gasteiger partial charge in [0.1, 0.15) is 0 Å². The minimum atomic E-state index is -3.42. The molecule has 2 unspecified atom stereocenters. The van der Waals surface area contributed by atoms with E-state index in [2.05, 4.69) is 16.9 Å². The van der Waals surface area contributed by atoms with Gasteiger partial charge >= 0.3 is 0 Å². The van der Waals surface area contributed by atoms with Gasteiger partial charge in [-0.2, -0.15) is 0 Å². The van der Waals surface area contributed by atoms with Crippen molar-refractivity contribution in [2.45, 2.75) is 42.5 Å². The largest absolute Gasteiger partial charge is 0.240 e. The van der Waals surface area contributed by atoms with Crippen molar-refractivity contribution in [2.24, 2.45) is 0 Å². The lowest BCUT2D eigenvalue weighted by atomic mass is 9.82. The number of hydrogen-bond donors (Lipinski definition) is 1. The molecule has 2 aromatic rings. The third-order valence-corrected chi connectivity index (χ3v) is 5.86. The summed E-state index contributed by atoms with van der Waals surface area (Å²) < 4.78 is 27.7. The summed E-state index contributed by atoms with van der Waals surface area (Å²) in [4.78, 5) is 0.344. The fourth-order valence-corrected chi connectivity index (χ4v) is 4.52. The van der Waals surface area contributed by atoms with E-state index >= 15 is 0 Å². The highest BCUT2D eigenvalue weighted by molar-refractivity contribution is 7.89. The minimum absolute atomic E-state index is 0.0177. The van der Waals surface area contributed by atoms with E-state index in [0.29, 0.717) is 10.8 Å². The Morgan fingerprint density at radius 2 is 1.50 bits per heavy atom. The Balaban J connectivity index is 1.71. The molecular weight excluding hydrogens is 294 g/mol. The van der Waals surface area contributed by atoms with Crippen LogP contribution in [0.3, 0.4) is 0 Å². The maximum atomic E-state index is 12.4. The van der Waals surface area contributed by atoms with Crippen LogP contribution in [-0.4, -0.2) is 14.5 Å². The van der Waals surface area contributed by atoms with E-state index in [1.807, 2.05) is 24.3 Å². The van der Waals surface area contributed by atoms with Gasteiger partial charge in [0.05, 0.1) is 4.90 Å². The maximum Gasteiger partial charge on any atom is 0.240 e. The predicted molar refractivity (Wildman–Crippen MR) is 88.2 cm³/mol. The fraction of sp³-hybridized carbons (Fsp3) is 0.333. The Hall–Kier alpha value is -1.65. The third-order valence-electron chi connectivity index (χ3n) is 4.32. The van der Waals surface area contributed by atoms with Gasteiger partial charge in [-0.25, -0.2) is 13.1 Å². The lowest BCUT2D eigenvalue weighted by molar-refractivity contribution is 0.371. The highest BCUT2D eigenvalue weighted by Gasteiger charge is 2.27. The van der Waals surface area contributed by atoms with Gasteiger partial charge in [0, 0.05) is 6.04 Å². The summed E-state index contributed by atoms with van der Waals surface area (Å²) in [5.41, 5.74) is 1.31. The molecule has 0 aromatic heterocycles. The van der Waals surface area contributed by atoms with Crippen molar-refractivity contribution in [3.05, 3.63) is 66.2 Å². The SMILES string of the molecule is O=S(=O)(NC1CCCC(c2ccccc2)C1)c1ccccc1. The molecule has 4 heteroatoms. The van der Waals surface area contributed by atoms with Crippen molar-refractivity contribution in [1.29, 1.82) is 0 Å². The summed E-state index contributed by atoms with van der Waals surface area (Å²) >= 11 is 0. The molecule has 0 amide bonds. The summed E-state index contributed by atoms with van der Waals surface area (Å²) in [6.45, 7) is 0. The van der Waals surface area contributed by atoms with Crippen LogP contribution in [0.4, 0.5) is 0 Å². The molecule has 116 valence electrons. The molecule has 3 rings (SSSR count). The standard InChI is InChI=1S/C18H21NO2S/c20-22(21,18-12-5-2-6-13-18)19-17-11-7-10-16(14-17)15-8-3-1-4-9-15/h1-6,8-9,12-13,16-17,19H,7,10-11,14H2. The smallest absolute Gasteiger partial charge is 0.208 e. The molecule has 2 atom stereocenters.